The molecule has 2 aromatic carbocycles. The summed E-state index contributed by atoms with van der Waals surface area (Å²) in [7, 11) is 0. The lowest BCUT2D eigenvalue weighted by molar-refractivity contribution is -0.141. The largest absolute Gasteiger partial charge is 0.478 e. The van der Waals surface area contributed by atoms with Crippen molar-refractivity contribution in [1.82, 2.24) is 0 Å². The Hall–Kier alpha value is -3.06. The van der Waals surface area contributed by atoms with E-state index in [9.17, 15) is 14.7 Å². The Morgan fingerprint density at radius 3 is 2.32 bits per heavy atom. The summed E-state index contributed by atoms with van der Waals surface area (Å²) in [6.45, 7) is -0.187. The lowest BCUT2D eigenvalue weighted by atomic mass is 9.96. The molecule has 0 aliphatic carbocycles. The highest BCUT2D eigenvalue weighted by Crippen LogP contribution is 2.43. The predicted molar refractivity (Wildman–Crippen MR) is 94.5 cm³/mol. The first-order valence-electron chi connectivity index (χ1n) is 8.05. The molecule has 0 saturated heterocycles. The third kappa shape index (κ3) is 2.16. The van der Waals surface area contributed by atoms with Crippen molar-refractivity contribution in [2.75, 3.05) is 22.1 Å². The van der Waals surface area contributed by atoms with Gasteiger partial charge in [-0.2, -0.15) is 0 Å². The summed E-state index contributed by atoms with van der Waals surface area (Å²) in [5, 5.41) is 16.2. The molecule has 0 bridgehead atoms. The minimum Gasteiger partial charge on any atom is -0.478 e. The maximum Gasteiger partial charge on any atom is 0.352 e. The van der Waals surface area contributed by atoms with E-state index in [4.69, 9.17) is 5.73 Å². The third-order valence-corrected chi connectivity index (χ3v) is 4.85. The van der Waals surface area contributed by atoms with Gasteiger partial charge in [0.1, 0.15) is 0 Å². The molecule has 2 aliphatic rings. The van der Waals surface area contributed by atoms with Crippen molar-refractivity contribution in [3.63, 3.8) is 0 Å². The van der Waals surface area contributed by atoms with Crippen LogP contribution in [0.3, 0.4) is 0 Å². The Balaban J connectivity index is 1.81. The van der Waals surface area contributed by atoms with Gasteiger partial charge in [-0.15, -0.1) is 0 Å². The van der Waals surface area contributed by atoms with Crippen LogP contribution in [-0.4, -0.2) is 35.2 Å². The predicted octanol–water partition coefficient (Wildman–Crippen LogP) is 1.22. The molecular weight excluding hydrogens is 320 g/mol. The summed E-state index contributed by atoms with van der Waals surface area (Å²) in [4.78, 5) is 26.3. The Labute approximate surface area is 144 Å². The smallest absolute Gasteiger partial charge is 0.352 e. The Bertz CT molecular complexity index is 842. The number of carboxylic acids is 1. The second kappa shape index (κ2) is 5.49. The number of amides is 1. The van der Waals surface area contributed by atoms with Gasteiger partial charge in [-0.3, -0.25) is 4.79 Å². The molecule has 2 heterocycles. The van der Waals surface area contributed by atoms with E-state index >= 15 is 0 Å². The van der Waals surface area contributed by atoms with Gasteiger partial charge in [0, 0.05) is 12.1 Å². The zero-order valence-electron chi connectivity index (χ0n) is 13.4. The van der Waals surface area contributed by atoms with Crippen LogP contribution in [0, 0.1) is 0 Å². The molecule has 0 spiro atoms. The topological polar surface area (TPSA) is 108 Å². The number of para-hydroxylation sites is 3. The third-order valence-electron chi connectivity index (χ3n) is 4.85. The zero-order chi connectivity index (χ0) is 17.6. The van der Waals surface area contributed by atoms with Gasteiger partial charge in [-0.05, 0) is 23.8 Å². The van der Waals surface area contributed by atoms with Gasteiger partial charge in [0.05, 0.1) is 24.0 Å². The van der Waals surface area contributed by atoms with Gasteiger partial charge >= 0.3 is 5.97 Å². The van der Waals surface area contributed by atoms with Crippen LogP contribution < -0.4 is 21.3 Å². The van der Waals surface area contributed by atoms with E-state index < -0.39 is 17.7 Å². The minimum absolute atomic E-state index is 0.187. The van der Waals surface area contributed by atoms with Crippen molar-refractivity contribution in [2.45, 2.75) is 18.1 Å². The van der Waals surface area contributed by atoms with Gasteiger partial charge in [0.15, 0.2) is 0 Å². The van der Waals surface area contributed by atoms with E-state index in [2.05, 4.69) is 10.6 Å². The normalized spacial score (nSPS) is 19.6. The zero-order valence-corrected chi connectivity index (χ0v) is 13.4. The van der Waals surface area contributed by atoms with Crippen molar-refractivity contribution in [2.24, 2.45) is 5.73 Å². The molecule has 25 heavy (non-hydrogen) atoms. The molecule has 0 aromatic heterocycles. The van der Waals surface area contributed by atoms with Crippen LogP contribution in [0.5, 0.6) is 0 Å². The highest BCUT2D eigenvalue weighted by atomic mass is 16.4. The first kappa shape index (κ1) is 15.5. The number of carbonyl (C=O) groups excluding carboxylic acids is 1. The van der Waals surface area contributed by atoms with Crippen LogP contribution in [0.4, 0.5) is 17.1 Å². The van der Waals surface area contributed by atoms with Gasteiger partial charge in [-0.25, -0.2) is 4.79 Å². The standard InChI is InChI=1S/C18H18N4O3/c19-10-16(23)22-14-8-4-1-5-11(14)9-15(22)18(17(24)25)20-12-6-2-3-7-13(12)21-18/h1-8,15,20-21H,9-10,19H2,(H,24,25). The molecule has 2 aliphatic heterocycles. The molecule has 4 rings (SSSR count). The summed E-state index contributed by atoms with van der Waals surface area (Å²) >= 11 is 0. The van der Waals surface area contributed by atoms with Crippen molar-refractivity contribution in [3.05, 3.63) is 54.1 Å². The van der Waals surface area contributed by atoms with Gasteiger partial charge < -0.3 is 26.4 Å². The van der Waals surface area contributed by atoms with E-state index in [0.717, 1.165) is 5.56 Å². The number of nitrogens with one attached hydrogen (secondary N) is 2. The second-order valence-electron chi connectivity index (χ2n) is 6.23. The van der Waals surface area contributed by atoms with E-state index in [0.29, 0.717) is 23.5 Å². The van der Waals surface area contributed by atoms with Crippen LogP contribution in [0.1, 0.15) is 5.56 Å². The lowest BCUT2D eigenvalue weighted by Crippen LogP contribution is -2.65. The number of anilines is 3. The number of nitrogens with two attached hydrogens (primary N) is 1. The van der Waals surface area contributed by atoms with Gasteiger partial charge in [-0.1, -0.05) is 30.3 Å². The molecule has 1 unspecified atom stereocenters. The Morgan fingerprint density at radius 1 is 1.12 bits per heavy atom. The lowest BCUT2D eigenvalue weighted by Gasteiger charge is -2.37. The maximum atomic E-state index is 12.5. The van der Waals surface area contributed by atoms with Crippen LogP contribution in [-0.2, 0) is 16.0 Å². The van der Waals surface area contributed by atoms with Crippen LogP contribution in [0.15, 0.2) is 48.5 Å². The summed E-state index contributed by atoms with van der Waals surface area (Å²) in [6, 6.07) is 14.1. The first-order chi connectivity index (χ1) is 12.1. The fourth-order valence-electron chi connectivity index (χ4n) is 3.71. The van der Waals surface area contributed by atoms with E-state index in [1.165, 1.54) is 4.90 Å². The average molecular weight is 338 g/mol. The van der Waals surface area contributed by atoms with Crippen molar-refractivity contribution >= 4 is 28.9 Å². The van der Waals surface area contributed by atoms with E-state index in [1.54, 1.807) is 0 Å². The molecule has 0 radical (unpaired) electrons. The molecular formula is C18H18N4O3. The fourth-order valence-corrected chi connectivity index (χ4v) is 3.71. The number of rotatable bonds is 3. The molecule has 7 nitrogen and oxygen atoms in total. The molecule has 1 atom stereocenters. The highest BCUT2D eigenvalue weighted by molar-refractivity contribution is 6.02. The highest BCUT2D eigenvalue weighted by Gasteiger charge is 2.56. The van der Waals surface area contributed by atoms with Crippen LogP contribution in [0.2, 0.25) is 0 Å². The number of nitrogens with zero attached hydrogens (tertiary/aromatic N) is 1. The SMILES string of the molecule is NCC(=O)N1c2ccccc2CC1C1(C(=O)O)Nc2ccccc2N1. The summed E-state index contributed by atoms with van der Waals surface area (Å²) < 4.78 is 0. The average Bonchev–Trinajstić information content (AvgIpc) is 3.20. The maximum absolute atomic E-state index is 12.5. The van der Waals surface area contributed by atoms with E-state index in [-0.39, 0.29) is 12.5 Å². The monoisotopic (exact) mass is 338 g/mol. The molecule has 0 fully saturated rings. The fraction of sp³-hybridized carbons (Fsp3) is 0.222. The number of aliphatic carboxylic acids is 1. The number of carbonyl (C=O) groups is 2. The van der Waals surface area contributed by atoms with Gasteiger partial charge in [0.25, 0.3) is 0 Å². The first-order valence-corrected chi connectivity index (χ1v) is 8.05. The van der Waals surface area contributed by atoms with Crippen molar-refractivity contribution in [3.8, 4) is 0 Å². The molecule has 0 saturated carbocycles. The Morgan fingerprint density at radius 2 is 1.72 bits per heavy atom. The van der Waals surface area contributed by atoms with Crippen molar-refractivity contribution in [1.29, 1.82) is 0 Å². The molecule has 2 aromatic rings. The summed E-state index contributed by atoms with van der Waals surface area (Å²) in [5.41, 5.74) is 7.10. The van der Waals surface area contributed by atoms with Gasteiger partial charge in [0.2, 0.25) is 11.6 Å². The van der Waals surface area contributed by atoms with Crippen LogP contribution in [0.25, 0.3) is 0 Å². The van der Waals surface area contributed by atoms with Crippen molar-refractivity contribution < 1.29 is 14.7 Å². The van der Waals surface area contributed by atoms with Crippen LogP contribution >= 0.6 is 0 Å². The minimum atomic E-state index is -1.52. The molecule has 5 N–H and O–H groups in total. The van der Waals surface area contributed by atoms with E-state index in [1.807, 2.05) is 48.5 Å². The second-order valence-corrected chi connectivity index (χ2v) is 6.23. The molecule has 128 valence electrons. The number of carboxylic acid groups (broad SMARTS) is 1. The summed E-state index contributed by atoms with van der Waals surface area (Å²) in [5.74, 6) is -1.38. The number of hydrogen-bond acceptors (Lipinski definition) is 5. The number of hydrogen-bond donors (Lipinski definition) is 4. The number of fused-ring (bicyclic) bond motifs is 2. The number of benzene rings is 2. The Kier molecular flexibility index (Phi) is 3.40. The molecule has 1 amide bonds. The summed E-state index contributed by atoms with van der Waals surface area (Å²) in [6.07, 6.45) is 0.419. The quantitative estimate of drug-likeness (QED) is 0.670. The molecule has 7 heteroatoms.